The molecule has 2 rings (SSSR count). The monoisotopic (exact) mass is 359 g/mol. The first-order chi connectivity index (χ1) is 12.2. The largest absolute Gasteiger partial charge is 0.416 e. The zero-order valence-corrected chi connectivity index (χ0v) is 14.7. The second-order valence-corrected chi connectivity index (χ2v) is 6.21. The molecule has 26 heavy (non-hydrogen) atoms. The number of ketones is 1. The Morgan fingerprint density at radius 3 is 2.12 bits per heavy atom. The number of likely N-dealkylation sites (N-methyl/N-ethyl adjacent to an activating group) is 1. The molecule has 0 atom stereocenters. The van der Waals surface area contributed by atoms with Crippen molar-refractivity contribution >= 4 is 17.4 Å². The third-order valence-electron chi connectivity index (χ3n) is 3.71. The van der Waals surface area contributed by atoms with Gasteiger partial charge in [-0.15, -0.1) is 0 Å². The number of benzene rings is 2. The summed E-state index contributed by atoms with van der Waals surface area (Å²) in [6, 6.07) is 13.7. The number of carbonyl (C=O) groups excluding carboxylic acids is 1. The molecule has 0 unspecified atom stereocenters. The quantitative estimate of drug-likeness (QED) is 0.538. The normalized spacial score (nSPS) is 12.3. The van der Waals surface area contributed by atoms with E-state index in [2.05, 4.69) is 6.58 Å². The SMILES string of the molecule is C=C(CN(C)C)C(=O)/C(=C\c1ccc(C(F)(F)F)cc1)c1ccccc1. The van der Waals surface area contributed by atoms with Crippen LogP contribution in [0.2, 0.25) is 0 Å². The van der Waals surface area contributed by atoms with Crippen LogP contribution in [0.4, 0.5) is 13.2 Å². The fourth-order valence-electron chi connectivity index (χ4n) is 2.48. The van der Waals surface area contributed by atoms with Crippen molar-refractivity contribution in [2.45, 2.75) is 6.18 Å². The first-order valence-electron chi connectivity index (χ1n) is 8.00. The standard InChI is InChI=1S/C21H20F3NO/c1-15(14-25(2)3)20(26)19(17-7-5-4-6-8-17)13-16-9-11-18(12-10-16)21(22,23)24/h4-13H,1,14H2,2-3H3/b19-13-. The van der Waals surface area contributed by atoms with E-state index in [1.807, 2.05) is 25.1 Å². The number of hydrogen-bond acceptors (Lipinski definition) is 2. The Morgan fingerprint density at radius 1 is 1.04 bits per heavy atom. The van der Waals surface area contributed by atoms with Gasteiger partial charge in [-0.05, 0) is 43.4 Å². The molecule has 0 bridgehead atoms. The van der Waals surface area contributed by atoms with Crippen molar-refractivity contribution in [2.75, 3.05) is 20.6 Å². The summed E-state index contributed by atoms with van der Waals surface area (Å²) in [7, 11) is 3.67. The van der Waals surface area contributed by atoms with Gasteiger partial charge in [-0.3, -0.25) is 4.79 Å². The number of allylic oxidation sites excluding steroid dienone is 1. The van der Waals surface area contributed by atoms with Crippen LogP contribution in [0.5, 0.6) is 0 Å². The van der Waals surface area contributed by atoms with Crippen LogP contribution in [-0.2, 0) is 11.0 Å². The fraction of sp³-hybridized carbons (Fsp3) is 0.190. The molecule has 0 fully saturated rings. The van der Waals surface area contributed by atoms with Crippen LogP contribution < -0.4 is 0 Å². The van der Waals surface area contributed by atoms with Gasteiger partial charge in [0.15, 0.2) is 5.78 Å². The number of rotatable bonds is 6. The molecule has 2 nitrogen and oxygen atoms in total. The lowest BCUT2D eigenvalue weighted by atomic mass is 9.95. The molecular weight excluding hydrogens is 339 g/mol. The summed E-state index contributed by atoms with van der Waals surface area (Å²) in [5, 5.41) is 0. The van der Waals surface area contributed by atoms with E-state index < -0.39 is 11.7 Å². The molecule has 0 amide bonds. The van der Waals surface area contributed by atoms with Gasteiger partial charge < -0.3 is 4.90 Å². The minimum absolute atomic E-state index is 0.232. The molecule has 0 radical (unpaired) electrons. The van der Waals surface area contributed by atoms with Crippen molar-refractivity contribution in [1.29, 1.82) is 0 Å². The molecule has 0 spiro atoms. The summed E-state index contributed by atoms with van der Waals surface area (Å²) in [5.41, 5.74) is 1.30. The first-order valence-corrected chi connectivity index (χ1v) is 8.00. The zero-order valence-electron chi connectivity index (χ0n) is 14.7. The molecule has 0 saturated heterocycles. The Bertz CT molecular complexity index is 803. The van der Waals surface area contributed by atoms with Gasteiger partial charge in [0, 0.05) is 17.7 Å². The van der Waals surface area contributed by atoms with Crippen molar-refractivity contribution in [3.63, 3.8) is 0 Å². The van der Waals surface area contributed by atoms with Gasteiger partial charge in [0.25, 0.3) is 0 Å². The molecule has 0 N–H and O–H groups in total. The van der Waals surface area contributed by atoms with Crippen molar-refractivity contribution in [2.24, 2.45) is 0 Å². The van der Waals surface area contributed by atoms with Gasteiger partial charge in [-0.1, -0.05) is 49.0 Å². The zero-order chi connectivity index (χ0) is 19.3. The van der Waals surface area contributed by atoms with Crippen LogP contribution in [0, 0.1) is 0 Å². The van der Waals surface area contributed by atoms with Gasteiger partial charge in [-0.2, -0.15) is 13.2 Å². The van der Waals surface area contributed by atoms with E-state index in [-0.39, 0.29) is 5.78 Å². The van der Waals surface area contributed by atoms with E-state index in [1.54, 1.807) is 30.3 Å². The molecule has 2 aromatic carbocycles. The van der Waals surface area contributed by atoms with Crippen molar-refractivity contribution < 1.29 is 18.0 Å². The Kier molecular flexibility index (Phi) is 6.16. The molecule has 0 heterocycles. The number of halogens is 3. The second kappa shape index (κ2) is 8.15. The number of nitrogens with zero attached hydrogens (tertiary/aromatic N) is 1. The first kappa shape index (κ1) is 19.7. The number of hydrogen-bond donors (Lipinski definition) is 0. The highest BCUT2D eigenvalue weighted by molar-refractivity contribution is 6.32. The predicted octanol–water partition coefficient (Wildman–Crippen LogP) is 4.93. The maximum absolute atomic E-state index is 12.8. The maximum atomic E-state index is 12.8. The van der Waals surface area contributed by atoms with Crippen LogP contribution in [0.15, 0.2) is 66.7 Å². The summed E-state index contributed by atoms with van der Waals surface area (Å²) in [6.45, 7) is 4.25. The maximum Gasteiger partial charge on any atom is 0.416 e. The minimum Gasteiger partial charge on any atom is -0.305 e. The van der Waals surface area contributed by atoms with E-state index in [4.69, 9.17) is 0 Å². The average molecular weight is 359 g/mol. The summed E-state index contributed by atoms with van der Waals surface area (Å²) in [6.07, 6.45) is -2.79. The predicted molar refractivity (Wildman–Crippen MR) is 98.5 cm³/mol. The molecule has 0 aliphatic rings. The molecule has 5 heteroatoms. The van der Waals surface area contributed by atoms with E-state index >= 15 is 0 Å². The Balaban J connectivity index is 2.42. The summed E-state index contributed by atoms with van der Waals surface area (Å²) in [4.78, 5) is 14.7. The third kappa shape index (κ3) is 5.17. The van der Waals surface area contributed by atoms with Crippen molar-refractivity contribution in [1.82, 2.24) is 4.90 Å². The summed E-state index contributed by atoms with van der Waals surface area (Å²) < 4.78 is 38.2. The Hall–Kier alpha value is -2.66. The van der Waals surface area contributed by atoms with E-state index in [9.17, 15) is 18.0 Å². The third-order valence-corrected chi connectivity index (χ3v) is 3.71. The molecule has 0 saturated carbocycles. The van der Waals surface area contributed by atoms with Crippen LogP contribution in [0.25, 0.3) is 11.6 Å². The lowest BCUT2D eigenvalue weighted by molar-refractivity contribution is -0.137. The molecule has 2 aromatic rings. The van der Waals surface area contributed by atoms with Gasteiger partial charge in [0.05, 0.1) is 5.56 Å². The second-order valence-electron chi connectivity index (χ2n) is 6.21. The molecule has 0 aliphatic heterocycles. The van der Waals surface area contributed by atoms with Crippen LogP contribution >= 0.6 is 0 Å². The lowest BCUT2D eigenvalue weighted by Gasteiger charge is -2.14. The summed E-state index contributed by atoms with van der Waals surface area (Å²) in [5.74, 6) is -0.232. The van der Waals surface area contributed by atoms with Crippen LogP contribution in [-0.4, -0.2) is 31.3 Å². The van der Waals surface area contributed by atoms with E-state index in [0.717, 1.165) is 12.1 Å². The number of alkyl halides is 3. The highest BCUT2D eigenvalue weighted by atomic mass is 19.4. The smallest absolute Gasteiger partial charge is 0.305 e. The van der Waals surface area contributed by atoms with Crippen LogP contribution in [0.3, 0.4) is 0 Å². The van der Waals surface area contributed by atoms with E-state index in [1.165, 1.54) is 12.1 Å². The Labute approximate surface area is 151 Å². The van der Waals surface area contributed by atoms with Gasteiger partial charge in [-0.25, -0.2) is 0 Å². The van der Waals surface area contributed by atoms with Crippen molar-refractivity contribution in [3.8, 4) is 0 Å². The summed E-state index contributed by atoms with van der Waals surface area (Å²) >= 11 is 0. The lowest BCUT2D eigenvalue weighted by Crippen LogP contribution is -2.19. The number of carbonyl (C=O) groups is 1. The average Bonchev–Trinajstić information content (AvgIpc) is 2.59. The molecule has 0 aromatic heterocycles. The Morgan fingerprint density at radius 2 is 1.62 bits per heavy atom. The molecule has 136 valence electrons. The van der Waals surface area contributed by atoms with Gasteiger partial charge >= 0.3 is 6.18 Å². The topological polar surface area (TPSA) is 20.3 Å². The number of Topliss-reactive ketones (excluding diaryl/α,β-unsaturated/α-hetero) is 1. The highest BCUT2D eigenvalue weighted by Gasteiger charge is 2.29. The molecular formula is C21H20F3NO. The van der Waals surface area contributed by atoms with Gasteiger partial charge in [0.2, 0.25) is 0 Å². The minimum atomic E-state index is -4.39. The van der Waals surface area contributed by atoms with Crippen LogP contribution in [0.1, 0.15) is 16.7 Å². The van der Waals surface area contributed by atoms with Crippen molar-refractivity contribution in [3.05, 3.63) is 83.4 Å². The fourth-order valence-corrected chi connectivity index (χ4v) is 2.48. The van der Waals surface area contributed by atoms with Gasteiger partial charge in [0.1, 0.15) is 0 Å². The molecule has 0 aliphatic carbocycles. The highest BCUT2D eigenvalue weighted by Crippen LogP contribution is 2.30. The van der Waals surface area contributed by atoms with E-state index in [0.29, 0.717) is 28.8 Å².